The van der Waals surface area contributed by atoms with Crippen molar-refractivity contribution < 1.29 is 9.59 Å². The number of amides is 1. The summed E-state index contributed by atoms with van der Waals surface area (Å²) in [5.41, 5.74) is -0.265. The smallest absolute Gasteiger partial charge is 0.240 e. The van der Waals surface area contributed by atoms with E-state index < -0.39 is 5.54 Å². The highest BCUT2D eigenvalue weighted by molar-refractivity contribution is 7.20. The van der Waals surface area contributed by atoms with Crippen LogP contribution in [0.3, 0.4) is 0 Å². The number of halogens is 2. The van der Waals surface area contributed by atoms with Crippen LogP contribution in [0.25, 0.3) is 0 Å². The number of piperazine rings is 1. The monoisotopic (exact) mass is 320 g/mol. The molecule has 0 saturated carbocycles. The Balaban J connectivity index is 2.14. The molecule has 1 fully saturated rings. The molecule has 104 valence electrons. The van der Waals surface area contributed by atoms with E-state index in [1.54, 1.807) is 19.9 Å². The molecule has 0 aromatic carbocycles. The molecule has 0 spiro atoms. The molecule has 0 unspecified atom stereocenters. The second-order valence-corrected chi connectivity index (χ2v) is 7.18. The summed E-state index contributed by atoms with van der Waals surface area (Å²) in [7, 11) is 0. The highest BCUT2D eigenvalue weighted by Crippen LogP contribution is 2.32. The maximum Gasteiger partial charge on any atom is 0.240 e. The third-order valence-corrected chi connectivity index (χ3v) is 4.79. The van der Waals surface area contributed by atoms with Crippen molar-refractivity contribution in [1.82, 2.24) is 10.2 Å². The van der Waals surface area contributed by atoms with E-state index >= 15 is 0 Å². The first-order chi connectivity index (χ1) is 8.82. The van der Waals surface area contributed by atoms with Gasteiger partial charge in [-0.05, 0) is 19.9 Å². The number of ketones is 1. The number of Topliss-reactive ketones (excluding diaryl/α,β-unsaturated/α-hetero) is 1. The number of thiophene rings is 1. The largest absolute Gasteiger partial charge is 0.353 e. The Bertz CT molecular complexity index is 528. The fourth-order valence-corrected chi connectivity index (χ4v) is 3.51. The molecular weight excluding hydrogens is 307 g/mol. The second-order valence-electron chi connectivity index (χ2n) is 4.90. The molecule has 2 rings (SSSR count). The minimum absolute atomic E-state index is 0.0685. The lowest BCUT2D eigenvalue weighted by molar-refractivity contribution is -0.134. The van der Waals surface area contributed by atoms with Crippen molar-refractivity contribution in [3.63, 3.8) is 0 Å². The lowest BCUT2D eigenvalue weighted by Crippen LogP contribution is -2.62. The van der Waals surface area contributed by atoms with E-state index in [-0.39, 0.29) is 18.2 Å². The van der Waals surface area contributed by atoms with Crippen LogP contribution in [0.5, 0.6) is 0 Å². The van der Waals surface area contributed by atoms with Crippen LogP contribution in [0.4, 0.5) is 0 Å². The first-order valence-corrected chi connectivity index (χ1v) is 7.41. The molecule has 1 aliphatic heterocycles. The average molecular weight is 321 g/mol. The van der Waals surface area contributed by atoms with Crippen molar-refractivity contribution in [3.05, 3.63) is 20.3 Å². The van der Waals surface area contributed by atoms with Crippen molar-refractivity contribution >= 4 is 46.2 Å². The van der Waals surface area contributed by atoms with Gasteiger partial charge in [-0.3, -0.25) is 14.5 Å². The summed E-state index contributed by atoms with van der Waals surface area (Å²) in [6.07, 6.45) is 0. The quantitative estimate of drug-likeness (QED) is 0.870. The molecule has 1 aromatic rings. The molecule has 1 amide bonds. The fraction of sp³-hybridized carbons (Fsp3) is 0.500. The first-order valence-electron chi connectivity index (χ1n) is 5.83. The van der Waals surface area contributed by atoms with Crippen LogP contribution < -0.4 is 5.32 Å². The van der Waals surface area contributed by atoms with Crippen LogP contribution in [-0.2, 0) is 4.79 Å². The molecule has 4 nitrogen and oxygen atoms in total. The molecule has 1 saturated heterocycles. The molecule has 19 heavy (non-hydrogen) atoms. The molecule has 1 N–H and O–H groups in total. The van der Waals surface area contributed by atoms with Gasteiger partial charge in [0, 0.05) is 13.1 Å². The van der Waals surface area contributed by atoms with Gasteiger partial charge in [-0.25, -0.2) is 0 Å². The van der Waals surface area contributed by atoms with Gasteiger partial charge in [-0.1, -0.05) is 23.2 Å². The van der Waals surface area contributed by atoms with Gasteiger partial charge in [0.25, 0.3) is 0 Å². The zero-order chi connectivity index (χ0) is 14.2. The number of rotatable bonds is 3. The Morgan fingerprint density at radius 1 is 1.53 bits per heavy atom. The Labute approximate surface area is 125 Å². The van der Waals surface area contributed by atoms with Crippen molar-refractivity contribution in [1.29, 1.82) is 0 Å². The number of hydrogen-bond donors (Lipinski definition) is 1. The van der Waals surface area contributed by atoms with Gasteiger partial charge in [-0.2, -0.15) is 0 Å². The zero-order valence-corrected chi connectivity index (χ0v) is 13.0. The highest BCUT2D eigenvalue weighted by atomic mass is 35.5. The maximum absolute atomic E-state index is 12.2. The van der Waals surface area contributed by atoms with Crippen LogP contribution in [0.2, 0.25) is 8.67 Å². The fourth-order valence-electron chi connectivity index (χ4n) is 2.01. The number of carbonyl (C=O) groups is 2. The molecule has 0 bridgehead atoms. The van der Waals surface area contributed by atoms with Crippen LogP contribution in [0, 0.1) is 0 Å². The summed E-state index contributed by atoms with van der Waals surface area (Å²) >= 11 is 13.0. The average Bonchev–Trinajstić information content (AvgIpc) is 2.65. The molecule has 2 heterocycles. The number of nitrogens with zero attached hydrogens (tertiary/aromatic N) is 1. The van der Waals surface area contributed by atoms with Crippen LogP contribution in [-0.4, -0.2) is 41.8 Å². The van der Waals surface area contributed by atoms with E-state index in [2.05, 4.69) is 5.32 Å². The standard InChI is InChI=1S/C12H14Cl2N2O2S/c1-12(2)11(18)15-3-4-16(12)6-8(17)7-5-9(13)19-10(7)14/h5H,3-4,6H2,1-2H3,(H,15,18). The normalized spacial score (nSPS) is 19.3. The molecule has 1 aromatic heterocycles. The predicted molar refractivity (Wildman–Crippen MR) is 77.3 cm³/mol. The summed E-state index contributed by atoms with van der Waals surface area (Å²) in [4.78, 5) is 25.9. The van der Waals surface area contributed by atoms with E-state index in [1.165, 1.54) is 11.3 Å². The van der Waals surface area contributed by atoms with E-state index in [4.69, 9.17) is 23.2 Å². The third-order valence-electron chi connectivity index (χ3n) is 3.31. The van der Waals surface area contributed by atoms with Crippen LogP contribution in [0.1, 0.15) is 24.2 Å². The van der Waals surface area contributed by atoms with Crippen molar-refractivity contribution in [2.24, 2.45) is 0 Å². The van der Waals surface area contributed by atoms with Gasteiger partial charge in [0.2, 0.25) is 5.91 Å². The minimum atomic E-state index is -0.694. The first kappa shape index (κ1) is 14.8. The summed E-state index contributed by atoms with van der Waals surface area (Å²) in [5, 5.41) is 2.79. The van der Waals surface area contributed by atoms with Crippen molar-refractivity contribution in [2.75, 3.05) is 19.6 Å². The van der Waals surface area contributed by atoms with E-state index in [0.717, 1.165) is 0 Å². The zero-order valence-electron chi connectivity index (χ0n) is 10.6. The van der Waals surface area contributed by atoms with Crippen LogP contribution in [0.15, 0.2) is 6.07 Å². The Kier molecular flexibility index (Phi) is 4.20. The van der Waals surface area contributed by atoms with Gasteiger partial charge in [0.05, 0.1) is 22.0 Å². The third kappa shape index (κ3) is 2.94. The van der Waals surface area contributed by atoms with Gasteiger partial charge >= 0.3 is 0 Å². The predicted octanol–water partition coefficient (Wildman–Crippen LogP) is 2.45. The van der Waals surface area contributed by atoms with Gasteiger partial charge in [-0.15, -0.1) is 11.3 Å². The Hall–Kier alpha value is -0.620. The maximum atomic E-state index is 12.2. The summed E-state index contributed by atoms with van der Waals surface area (Å²) in [5.74, 6) is -0.183. The van der Waals surface area contributed by atoms with Crippen molar-refractivity contribution in [3.8, 4) is 0 Å². The molecule has 1 aliphatic rings. The second kappa shape index (κ2) is 5.40. The minimum Gasteiger partial charge on any atom is -0.353 e. The topological polar surface area (TPSA) is 49.4 Å². The van der Waals surface area contributed by atoms with E-state index in [9.17, 15) is 9.59 Å². The van der Waals surface area contributed by atoms with Gasteiger partial charge in [0.1, 0.15) is 4.34 Å². The number of nitrogens with one attached hydrogen (secondary N) is 1. The summed E-state index contributed by atoms with van der Waals surface area (Å²) < 4.78 is 0.887. The summed E-state index contributed by atoms with van der Waals surface area (Å²) in [6, 6.07) is 1.58. The molecule has 0 aliphatic carbocycles. The van der Waals surface area contributed by atoms with E-state index in [0.29, 0.717) is 27.3 Å². The van der Waals surface area contributed by atoms with Gasteiger partial charge < -0.3 is 5.32 Å². The summed E-state index contributed by atoms with van der Waals surface area (Å²) in [6.45, 7) is 4.95. The molecule has 7 heteroatoms. The van der Waals surface area contributed by atoms with E-state index in [1.807, 2.05) is 4.90 Å². The number of hydrogen-bond acceptors (Lipinski definition) is 4. The SMILES string of the molecule is CC1(C)C(=O)NCCN1CC(=O)c1cc(Cl)sc1Cl. The van der Waals surface area contributed by atoms with Crippen molar-refractivity contribution in [2.45, 2.75) is 19.4 Å². The van der Waals surface area contributed by atoms with Gasteiger partial charge in [0.15, 0.2) is 5.78 Å². The Morgan fingerprint density at radius 3 is 2.79 bits per heavy atom. The molecular formula is C12H14Cl2N2O2S. The highest BCUT2D eigenvalue weighted by Gasteiger charge is 2.38. The lowest BCUT2D eigenvalue weighted by Gasteiger charge is -2.40. The number of carbonyl (C=O) groups excluding carboxylic acids is 2. The Morgan fingerprint density at radius 2 is 2.21 bits per heavy atom. The molecule has 0 radical (unpaired) electrons. The van der Waals surface area contributed by atoms with Crippen LogP contribution >= 0.6 is 34.5 Å². The lowest BCUT2D eigenvalue weighted by atomic mass is 9.98. The molecule has 0 atom stereocenters.